The second-order valence-corrected chi connectivity index (χ2v) is 9.41. The quantitative estimate of drug-likeness (QED) is 0.237. The van der Waals surface area contributed by atoms with Gasteiger partial charge in [0.2, 0.25) is 0 Å². The first-order chi connectivity index (χ1) is 14.7. The Labute approximate surface area is 187 Å². The molecule has 2 rings (SSSR count). The van der Waals surface area contributed by atoms with E-state index in [1.54, 1.807) is 6.92 Å². The van der Waals surface area contributed by atoms with Crippen LogP contribution in [0.5, 0.6) is 0 Å². The molecule has 0 spiro atoms. The number of hydrogen-bond donors (Lipinski definition) is 0. The van der Waals surface area contributed by atoms with E-state index in [1.165, 1.54) is 0 Å². The highest BCUT2D eigenvalue weighted by Crippen LogP contribution is 2.57. The third kappa shape index (κ3) is 6.11. The van der Waals surface area contributed by atoms with Crippen molar-refractivity contribution in [3.63, 3.8) is 0 Å². The standard InChI is InChI=1S/C26H38O5/c1-7-22(30-18-27)12-9-19(3)26(16-15-25(5,6)20(4)17-26)21-10-13-23(14-11-21)31-24(28)29-8-2/h9-10,12-14,18,20-22H,3,7-8,11,15-17H2,1-2,4-6H3/b12-9-/t20?,21-,22-,26?/m0/s1. The largest absolute Gasteiger partial charge is 0.513 e. The summed E-state index contributed by atoms with van der Waals surface area (Å²) in [6.07, 6.45) is 13.7. The molecule has 0 aromatic rings. The molecule has 4 atom stereocenters. The van der Waals surface area contributed by atoms with Gasteiger partial charge in [-0.3, -0.25) is 4.79 Å². The van der Waals surface area contributed by atoms with Gasteiger partial charge in [0, 0.05) is 5.41 Å². The van der Waals surface area contributed by atoms with E-state index in [1.807, 2.05) is 31.2 Å². The Bertz CT molecular complexity index is 745. The summed E-state index contributed by atoms with van der Waals surface area (Å²) in [5.41, 5.74) is 1.26. The summed E-state index contributed by atoms with van der Waals surface area (Å²) < 4.78 is 15.3. The maximum absolute atomic E-state index is 11.6. The summed E-state index contributed by atoms with van der Waals surface area (Å²) in [6, 6.07) is 0. The highest BCUT2D eigenvalue weighted by molar-refractivity contribution is 5.62. The predicted octanol–water partition coefficient (Wildman–Crippen LogP) is 6.52. The topological polar surface area (TPSA) is 61.8 Å². The van der Waals surface area contributed by atoms with Gasteiger partial charge in [0.15, 0.2) is 0 Å². The molecule has 0 aromatic heterocycles. The van der Waals surface area contributed by atoms with Gasteiger partial charge in [0.05, 0.1) is 6.61 Å². The van der Waals surface area contributed by atoms with Crippen molar-refractivity contribution in [3.8, 4) is 0 Å². The van der Waals surface area contributed by atoms with Crippen molar-refractivity contribution >= 4 is 12.6 Å². The predicted molar refractivity (Wildman–Crippen MR) is 122 cm³/mol. The molecule has 0 aliphatic heterocycles. The fourth-order valence-corrected chi connectivity index (χ4v) is 4.65. The van der Waals surface area contributed by atoms with E-state index in [9.17, 15) is 9.59 Å². The summed E-state index contributed by atoms with van der Waals surface area (Å²) in [5, 5.41) is 0. The van der Waals surface area contributed by atoms with Gasteiger partial charge in [-0.2, -0.15) is 0 Å². The van der Waals surface area contributed by atoms with Crippen LogP contribution in [0.3, 0.4) is 0 Å². The minimum Gasteiger partial charge on any atom is -0.460 e. The molecular weight excluding hydrogens is 392 g/mol. The van der Waals surface area contributed by atoms with Crippen molar-refractivity contribution in [1.29, 1.82) is 0 Å². The average Bonchev–Trinajstić information content (AvgIpc) is 2.73. The normalized spacial score (nSPS) is 28.5. The minimum atomic E-state index is -0.673. The zero-order valence-corrected chi connectivity index (χ0v) is 19.7. The summed E-state index contributed by atoms with van der Waals surface area (Å²) in [4.78, 5) is 22.4. The lowest BCUT2D eigenvalue weighted by molar-refractivity contribution is -0.131. The van der Waals surface area contributed by atoms with Crippen LogP contribution in [-0.2, 0) is 19.0 Å². The van der Waals surface area contributed by atoms with E-state index in [4.69, 9.17) is 14.2 Å². The van der Waals surface area contributed by atoms with E-state index in [2.05, 4.69) is 33.4 Å². The molecule has 0 N–H and O–H groups in total. The summed E-state index contributed by atoms with van der Waals surface area (Å²) in [6.45, 7) is 16.0. The summed E-state index contributed by atoms with van der Waals surface area (Å²) >= 11 is 0. The molecule has 5 heteroatoms. The van der Waals surface area contributed by atoms with Crippen molar-refractivity contribution < 1.29 is 23.8 Å². The smallest absolute Gasteiger partial charge is 0.460 e. The van der Waals surface area contributed by atoms with Gasteiger partial charge < -0.3 is 14.2 Å². The third-order valence-electron chi connectivity index (χ3n) is 7.24. The Hall–Kier alpha value is -2.30. The summed E-state index contributed by atoms with van der Waals surface area (Å²) in [7, 11) is 0. The molecule has 1 saturated carbocycles. The van der Waals surface area contributed by atoms with Gasteiger partial charge in [-0.1, -0.05) is 46.4 Å². The van der Waals surface area contributed by atoms with Gasteiger partial charge in [-0.05, 0) is 80.1 Å². The molecule has 0 heterocycles. The molecule has 0 saturated heterocycles. The number of rotatable bonds is 9. The zero-order valence-electron chi connectivity index (χ0n) is 19.7. The number of carbonyl (C=O) groups is 2. The SMILES string of the molecule is C=C(/C=C\[C@H](CC)OC=O)C1([C@H]2C=CC(OC(=O)OCC)=CC2)CCC(C)(C)C(C)C1. The molecule has 0 radical (unpaired) electrons. The van der Waals surface area contributed by atoms with E-state index in [0.29, 0.717) is 18.1 Å². The maximum atomic E-state index is 11.6. The van der Waals surface area contributed by atoms with Gasteiger partial charge in [0.1, 0.15) is 11.9 Å². The molecule has 5 nitrogen and oxygen atoms in total. The van der Waals surface area contributed by atoms with E-state index in [0.717, 1.165) is 37.7 Å². The van der Waals surface area contributed by atoms with Crippen LogP contribution in [0, 0.1) is 22.7 Å². The van der Waals surface area contributed by atoms with Crippen molar-refractivity contribution in [3.05, 3.63) is 48.3 Å². The van der Waals surface area contributed by atoms with Crippen molar-refractivity contribution in [2.75, 3.05) is 6.61 Å². The molecule has 172 valence electrons. The van der Waals surface area contributed by atoms with Crippen LogP contribution in [-0.4, -0.2) is 25.3 Å². The first-order valence-electron chi connectivity index (χ1n) is 11.4. The third-order valence-corrected chi connectivity index (χ3v) is 7.24. The lowest BCUT2D eigenvalue weighted by atomic mass is 9.53. The van der Waals surface area contributed by atoms with Gasteiger partial charge in [-0.25, -0.2) is 4.79 Å². The lowest BCUT2D eigenvalue weighted by Crippen LogP contribution is -2.42. The number of allylic oxidation sites excluding steroid dienone is 5. The fraction of sp³-hybridized carbons (Fsp3) is 0.615. The zero-order chi connectivity index (χ0) is 23.1. The van der Waals surface area contributed by atoms with Crippen LogP contribution in [0.25, 0.3) is 0 Å². The molecule has 2 unspecified atom stereocenters. The highest BCUT2D eigenvalue weighted by atomic mass is 16.7. The molecule has 2 aliphatic carbocycles. The molecule has 31 heavy (non-hydrogen) atoms. The number of hydrogen-bond acceptors (Lipinski definition) is 5. The Morgan fingerprint density at radius 1 is 1.32 bits per heavy atom. The maximum Gasteiger partial charge on any atom is 0.513 e. The van der Waals surface area contributed by atoms with Gasteiger partial charge in [-0.15, -0.1) is 0 Å². The van der Waals surface area contributed by atoms with Gasteiger partial charge in [0.25, 0.3) is 6.47 Å². The molecule has 0 amide bonds. The molecular formula is C26H38O5. The van der Waals surface area contributed by atoms with Crippen LogP contribution < -0.4 is 0 Å². The Morgan fingerprint density at radius 3 is 2.61 bits per heavy atom. The number of ether oxygens (including phenoxy) is 3. The van der Waals surface area contributed by atoms with Crippen molar-refractivity contribution in [2.24, 2.45) is 22.7 Å². The molecule has 1 fully saturated rings. The Morgan fingerprint density at radius 2 is 2.06 bits per heavy atom. The minimum absolute atomic E-state index is 0.0899. The van der Waals surface area contributed by atoms with E-state index >= 15 is 0 Å². The monoisotopic (exact) mass is 430 g/mol. The fourth-order valence-electron chi connectivity index (χ4n) is 4.65. The van der Waals surface area contributed by atoms with Crippen molar-refractivity contribution in [1.82, 2.24) is 0 Å². The second-order valence-electron chi connectivity index (χ2n) is 9.41. The highest BCUT2D eigenvalue weighted by Gasteiger charge is 2.47. The van der Waals surface area contributed by atoms with E-state index in [-0.39, 0.29) is 29.5 Å². The Kier molecular flexibility index (Phi) is 8.72. The van der Waals surface area contributed by atoms with Crippen molar-refractivity contribution in [2.45, 2.75) is 72.8 Å². The van der Waals surface area contributed by atoms with Crippen LogP contribution in [0.1, 0.15) is 66.7 Å². The number of carbonyl (C=O) groups excluding carboxylic acids is 2. The molecule has 2 aliphatic rings. The molecule has 0 bridgehead atoms. The van der Waals surface area contributed by atoms with Gasteiger partial charge >= 0.3 is 6.16 Å². The van der Waals surface area contributed by atoms with Crippen LogP contribution in [0.4, 0.5) is 4.79 Å². The van der Waals surface area contributed by atoms with Crippen LogP contribution in [0.15, 0.2) is 48.3 Å². The second kappa shape index (κ2) is 10.8. The first-order valence-corrected chi connectivity index (χ1v) is 11.4. The first kappa shape index (κ1) is 25.0. The Balaban J connectivity index is 2.24. The van der Waals surface area contributed by atoms with E-state index < -0.39 is 6.16 Å². The van der Waals surface area contributed by atoms with Crippen LogP contribution in [0.2, 0.25) is 0 Å². The average molecular weight is 431 g/mol. The van der Waals surface area contributed by atoms with Crippen LogP contribution >= 0.6 is 0 Å². The molecule has 0 aromatic carbocycles. The lowest BCUT2D eigenvalue weighted by Gasteiger charge is -2.52. The summed E-state index contributed by atoms with van der Waals surface area (Å²) in [5.74, 6) is 1.32.